The molecule has 0 spiro atoms. The van der Waals surface area contributed by atoms with Crippen LogP contribution in [0.5, 0.6) is 5.75 Å². The summed E-state index contributed by atoms with van der Waals surface area (Å²) in [7, 11) is 1.31. The van der Waals surface area contributed by atoms with E-state index in [0.717, 1.165) is 12.8 Å². The summed E-state index contributed by atoms with van der Waals surface area (Å²) in [6, 6.07) is 8.61. The van der Waals surface area contributed by atoms with Crippen LogP contribution in [-0.4, -0.2) is 18.6 Å². The van der Waals surface area contributed by atoms with E-state index in [9.17, 15) is 9.36 Å². The van der Waals surface area contributed by atoms with E-state index in [4.69, 9.17) is 20.5 Å². The van der Waals surface area contributed by atoms with Gasteiger partial charge < -0.3 is 9.26 Å². The summed E-state index contributed by atoms with van der Waals surface area (Å²) in [5.41, 5.74) is -1.01. The summed E-state index contributed by atoms with van der Waals surface area (Å²) in [5.74, 6) is -0.0658. The molecule has 0 amide bonds. The number of rotatable bonds is 5. The van der Waals surface area contributed by atoms with Crippen molar-refractivity contribution in [2.75, 3.05) is 7.11 Å². The molecular weight excluding hydrogens is 301 g/mol. The molecule has 7 heteroatoms. The zero-order valence-electron chi connectivity index (χ0n) is 11.2. The molecule has 1 fully saturated rings. The van der Waals surface area contributed by atoms with Gasteiger partial charge in [0.25, 0.3) is 0 Å². The van der Waals surface area contributed by atoms with Crippen LogP contribution in [0.4, 0.5) is 0 Å². The van der Waals surface area contributed by atoms with Crippen LogP contribution in [0.1, 0.15) is 25.7 Å². The van der Waals surface area contributed by atoms with E-state index in [1.54, 1.807) is 24.3 Å². The zero-order valence-corrected chi connectivity index (χ0v) is 12.8. The van der Waals surface area contributed by atoms with Crippen molar-refractivity contribution in [2.24, 2.45) is 0 Å². The molecule has 2 rings (SSSR count). The molecule has 110 valence electrons. The largest absolute Gasteiger partial charge is 0.468 e. The molecule has 1 N–H and O–H groups in total. The van der Waals surface area contributed by atoms with Crippen LogP contribution >= 0.6 is 18.1 Å². The van der Waals surface area contributed by atoms with Gasteiger partial charge in [0.1, 0.15) is 11.3 Å². The number of nitrogens with one attached hydrogen (secondary N) is 1. The molecule has 1 aromatic carbocycles. The van der Waals surface area contributed by atoms with Crippen LogP contribution in [0.15, 0.2) is 30.3 Å². The molecule has 1 aliphatic carbocycles. The molecule has 5 nitrogen and oxygen atoms in total. The molecule has 0 bridgehead atoms. The van der Waals surface area contributed by atoms with Gasteiger partial charge in [0.05, 0.1) is 7.11 Å². The van der Waals surface area contributed by atoms with Crippen molar-refractivity contribution >= 4 is 24.1 Å². The third-order valence-electron chi connectivity index (χ3n) is 3.35. The van der Waals surface area contributed by atoms with Crippen molar-refractivity contribution in [3.63, 3.8) is 0 Å². The molecule has 1 unspecified atom stereocenters. The number of ether oxygens (including phenoxy) is 1. The number of benzene rings is 1. The zero-order chi connectivity index (χ0) is 14.6. The maximum atomic E-state index is 12.4. The van der Waals surface area contributed by atoms with E-state index in [1.807, 2.05) is 6.07 Å². The van der Waals surface area contributed by atoms with Crippen molar-refractivity contribution < 1.29 is 18.6 Å². The van der Waals surface area contributed by atoms with E-state index in [2.05, 4.69) is 5.09 Å². The van der Waals surface area contributed by atoms with Crippen LogP contribution in [0.2, 0.25) is 0 Å². The maximum absolute atomic E-state index is 12.4. The highest BCUT2D eigenvalue weighted by atomic mass is 35.7. The van der Waals surface area contributed by atoms with Crippen molar-refractivity contribution in [1.82, 2.24) is 5.09 Å². The van der Waals surface area contributed by atoms with Gasteiger partial charge >= 0.3 is 12.8 Å². The fourth-order valence-electron chi connectivity index (χ4n) is 2.43. The lowest BCUT2D eigenvalue weighted by Crippen LogP contribution is -2.48. The Balaban J connectivity index is 2.13. The second kappa shape index (κ2) is 6.17. The van der Waals surface area contributed by atoms with Gasteiger partial charge in [0.2, 0.25) is 0 Å². The Kier molecular flexibility index (Phi) is 4.74. The number of hydrogen-bond donors (Lipinski definition) is 1. The summed E-state index contributed by atoms with van der Waals surface area (Å²) in [6.45, 7) is -3.67. The summed E-state index contributed by atoms with van der Waals surface area (Å²) < 4.78 is 22.5. The molecule has 1 aliphatic rings. The SMILES string of the molecule is COC(=O)C1(NP(=O)(Cl)Oc2ccccc2)CCCC1. The number of esters is 1. The second-order valence-corrected chi connectivity index (χ2v) is 7.48. The third kappa shape index (κ3) is 3.54. The van der Waals surface area contributed by atoms with E-state index >= 15 is 0 Å². The minimum absolute atomic E-state index is 0.386. The van der Waals surface area contributed by atoms with Crippen LogP contribution in [0.3, 0.4) is 0 Å². The van der Waals surface area contributed by atoms with Gasteiger partial charge in [-0.3, -0.25) is 4.79 Å². The number of methoxy groups -OCH3 is 1. The smallest absolute Gasteiger partial charge is 0.410 e. The summed E-state index contributed by atoms with van der Waals surface area (Å²) >= 11 is 5.96. The van der Waals surface area contributed by atoms with Gasteiger partial charge in [-0.1, -0.05) is 31.0 Å². The summed E-state index contributed by atoms with van der Waals surface area (Å²) in [5, 5.41) is 2.69. The molecule has 20 heavy (non-hydrogen) atoms. The molecule has 0 saturated heterocycles. The second-order valence-electron chi connectivity index (χ2n) is 4.78. The van der Waals surface area contributed by atoms with Gasteiger partial charge in [-0.25, -0.2) is 9.65 Å². The van der Waals surface area contributed by atoms with Crippen molar-refractivity contribution in [1.29, 1.82) is 0 Å². The van der Waals surface area contributed by atoms with Gasteiger partial charge in [0.15, 0.2) is 0 Å². The van der Waals surface area contributed by atoms with Crippen molar-refractivity contribution in [3.8, 4) is 5.75 Å². The van der Waals surface area contributed by atoms with Gasteiger partial charge in [-0.2, -0.15) is 0 Å². The fraction of sp³-hybridized carbons (Fsp3) is 0.462. The van der Waals surface area contributed by atoms with E-state index in [1.165, 1.54) is 7.11 Å². The first kappa shape index (κ1) is 15.4. The Bertz CT molecular complexity index is 516. The Morgan fingerprint density at radius 3 is 2.45 bits per heavy atom. The van der Waals surface area contributed by atoms with Gasteiger partial charge in [-0.15, -0.1) is 0 Å². The highest BCUT2D eigenvalue weighted by molar-refractivity contribution is 7.84. The number of halogens is 1. The van der Waals surface area contributed by atoms with Crippen LogP contribution in [-0.2, 0) is 14.1 Å². The molecular formula is C13H17ClNO4P. The first-order valence-corrected chi connectivity index (χ1v) is 8.93. The van der Waals surface area contributed by atoms with Gasteiger partial charge in [0, 0.05) is 11.2 Å². The van der Waals surface area contributed by atoms with Crippen molar-refractivity contribution in [2.45, 2.75) is 31.2 Å². The van der Waals surface area contributed by atoms with Gasteiger partial charge in [-0.05, 0) is 25.0 Å². The number of carbonyl (C=O) groups excluding carboxylic acids is 1. The summed E-state index contributed by atoms with van der Waals surface area (Å²) in [4.78, 5) is 11.9. The summed E-state index contributed by atoms with van der Waals surface area (Å²) in [6.07, 6.45) is 2.78. The lowest BCUT2D eigenvalue weighted by molar-refractivity contribution is -0.147. The monoisotopic (exact) mass is 317 g/mol. The Morgan fingerprint density at radius 2 is 1.90 bits per heavy atom. The molecule has 1 aromatic rings. The first-order valence-electron chi connectivity index (χ1n) is 6.40. The number of carbonyl (C=O) groups is 1. The van der Waals surface area contributed by atoms with Crippen LogP contribution in [0, 0.1) is 0 Å². The van der Waals surface area contributed by atoms with E-state index in [0.29, 0.717) is 18.6 Å². The standard InChI is InChI=1S/C13H17ClNO4P/c1-18-12(16)13(9-5-6-10-13)15-20(14,17)19-11-7-3-2-4-8-11/h2-4,7-8H,5-6,9-10H2,1H3,(H,15,17). The lowest BCUT2D eigenvalue weighted by atomic mass is 10.00. The van der Waals surface area contributed by atoms with E-state index < -0.39 is 18.4 Å². The fourth-order valence-corrected chi connectivity index (χ4v) is 4.42. The molecule has 1 atom stereocenters. The normalized spacial score (nSPS) is 20.1. The number of hydrogen-bond acceptors (Lipinski definition) is 4. The van der Waals surface area contributed by atoms with Crippen LogP contribution in [0.25, 0.3) is 0 Å². The lowest BCUT2D eigenvalue weighted by Gasteiger charge is -2.29. The molecule has 0 aromatic heterocycles. The third-order valence-corrected chi connectivity index (χ3v) is 4.95. The minimum atomic E-state index is -3.67. The minimum Gasteiger partial charge on any atom is -0.468 e. The van der Waals surface area contributed by atoms with E-state index in [-0.39, 0.29) is 0 Å². The first-order chi connectivity index (χ1) is 9.47. The quantitative estimate of drug-likeness (QED) is 0.665. The average Bonchev–Trinajstić information content (AvgIpc) is 2.87. The van der Waals surface area contributed by atoms with Crippen LogP contribution < -0.4 is 9.61 Å². The molecule has 0 radical (unpaired) electrons. The average molecular weight is 318 g/mol. The Morgan fingerprint density at radius 1 is 1.30 bits per heavy atom. The predicted octanol–water partition coefficient (Wildman–Crippen LogP) is 3.49. The predicted molar refractivity (Wildman–Crippen MR) is 76.9 cm³/mol. The highest BCUT2D eigenvalue weighted by Gasteiger charge is 2.47. The molecule has 0 aliphatic heterocycles. The Labute approximate surface area is 122 Å². The molecule has 0 heterocycles. The van der Waals surface area contributed by atoms with Crippen molar-refractivity contribution in [3.05, 3.63) is 30.3 Å². The maximum Gasteiger partial charge on any atom is 0.410 e. The highest BCUT2D eigenvalue weighted by Crippen LogP contribution is 2.52. The molecule has 1 saturated carbocycles. The number of para-hydroxylation sites is 1. The Hall–Kier alpha value is -1.03. The topological polar surface area (TPSA) is 64.6 Å².